The molecule has 0 aliphatic carbocycles. The monoisotopic (exact) mass is 294 g/mol. The molecule has 20 heavy (non-hydrogen) atoms. The summed E-state index contributed by atoms with van der Waals surface area (Å²) in [4.78, 5) is 11.3. The van der Waals surface area contributed by atoms with Crippen LogP contribution in [-0.2, 0) is 16.6 Å². The smallest absolute Gasteiger partial charge is 0.240 e. The zero-order valence-corrected chi connectivity index (χ0v) is 11.7. The Kier molecular flexibility index (Phi) is 4.26. The Labute approximate surface area is 116 Å². The van der Waals surface area contributed by atoms with Gasteiger partial charge in [-0.25, -0.2) is 13.1 Å². The van der Waals surface area contributed by atoms with Gasteiger partial charge in [-0.2, -0.15) is 0 Å². The first-order chi connectivity index (χ1) is 9.49. The number of carbonyl (C=O) groups is 1. The first kappa shape index (κ1) is 14.4. The summed E-state index contributed by atoms with van der Waals surface area (Å²) in [5, 5.41) is 7.36. The number of nitrogens with zero attached hydrogens (tertiary/aromatic N) is 3. The van der Waals surface area contributed by atoms with Crippen molar-refractivity contribution in [2.45, 2.75) is 18.4 Å². The molecule has 2 aromatic rings. The maximum atomic E-state index is 12.1. The minimum atomic E-state index is -3.63. The third-order valence-corrected chi connectivity index (χ3v) is 4.11. The molecule has 1 heterocycles. The maximum absolute atomic E-state index is 12.1. The van der Waals surface area contributed by atoms with Crippen LogP contribution in [0.25, 0.3) is 0 Å². The number of benzene rings is 1. The molecule has 0 spiro atoms. The second kappa shape index (κ2) is 5.93. The van der Waals surface area contributed by atoms with Gasteiger partial charge in [-0.15, -0.1) is 5.10 Å². The number of Topliss-reactive ketones (excluding diaryl/α,β-unsaturated/α-hetero) is 1. The molecule has 1 aromatic carbocycles. The van der Waals surface area contributed by atoms with E-state index >= 15 is 0 Å². The van der Waals surface area contributed by atoms with Crippen molar-refractivity contribution in [3.8, 4) is 0 Å². The molecule has 0 unspecified atom stereocenters. The van der Waals surface area contributed by atoms with E-state index in [1.807, 2.05) is 0 Å². The third kappa shape index (κ3) is 3.49. The van der Waals surface area contributed by atoms with Crippen LogP contribution in [0.4, 0.5) is 0 Å². The Hall–Kier alpha value is -2.06. The lowest BCUT2D eigenvalue weighted by atomic mass is 10.2. The van der Waals surface area contributed by atoms with Gasteiger partial charge < -0.3 is 0 Å². The standard InChI is InChI=1S/C12H14N4O3S/c1-10(17)11-3-2-4-12(9-11)20(18,19)14-6-8-16-7-5-13-15-16/h2-5,7,9,14H,6,8H2,1H3. The molecule has 0 radical (unpaired) electrons. The minimum Gasteiger partial charge on any atom is -0.295 e. The van der Waals surface area contributed by atoms with E-state index in [0.717, 1.165) is 0 Å². The molecule has 0 bridgehead atoms. The van der Waals surface area contributed by atoms with Crippen molar-refractivity contribution in [1.29, 1.82) is 0 Å². The van der Waals surface area contributed by atoms with Crippen LogP contribution in [0.5, 0.6) is 0 Å². The molecule has 106 valence electrons. The maximum Gasteiger partial charge on any atom is 0.240 e. The van der Waals surface area contributed by atoms with Gasteiger partial charge in [0.2, 0.25) is 10.0 Å². The molecule has 0 saturated heterocycles. The molecule has 0 fully saturated rings. The van der Waals surface area contributed by atoms with Gasteiger partial charge in [0.1, 0.15) is 0 Å². The van der Waals surface area contributed by atoms with Crippen molar-refractivity contribution < 1.29 is 13.2 Å². The number of carbonyl (C=O) groups excluding carboxylic acids is 1. The molecule has 7 nitrogen and oxygen atoms in total. The lowest BCUT2D eigenvalue weighted by Gasteiger charge is -2.07. The first-order valence-electron chi connectivity index (χ1n) is 5.94. The Balaban J connectivity index is 2.06. The summed E-state index contributed by atoms with van der Waals surface area (Å²) in [5.41, 5.74) is 0.365. The van der Waals surface area contributed by atoms with E-state index in [9.17, 15) is 13.2 Å². The van der Waals surface area contributed by atoms with E-state index in [0.29, 0.717) is 12.1 Å². The van der Waals surface area contributed by atoms with Crippen molar-refractivity contribution in [2.75, 3.05) is 6.54 Å². The molecular weight excluding hydrogens is 280 g/mol. The SMILES string of the molecule is CC(=O)c1cccc(S(=O)(=O)NCCn2ccnn2)c1. The first-order valence-corrected chi connectivity index (χ1v) is 7.42. The van der Waals surface area contributed by atoms with Gasteiger partial charge in [-0.1, -0.05) is 17.3 Å². The summed E-state index contributed by atoms with van der Waals surface area (Å²) in [6, 6.07) is 5.93. The number of nitrogens with one attached hydrogen (secondary N) is 1. The average Bonchev–Trinajstić information content (AvgIpc) is 2.92. The highest BCUT2D eigenvalue weighted by molar-refractivity contribution is 7.89. The van der Waals surface area contributed by atoms with Crippen LogP contribution in [0.2, 0.25) is 0 Å². The van der Waals surface area contributed by atoms with Crippen molar-refractivity contribution in [3.05, 3.63) is 42.2 Å². The van der Waals surface area contributed by atoms with Crippen molar-refractivity contribution in [3.63, 3.8) is 0 Å². The molecule has 0 amide bonds. The van der Waals surface area contributed by atoms with E-state index in [1.54, 1.807) is 18.3 Å². The van der Waals surface area contributed by atoms with E-state index in [2.05, 4.69) is 15.0 Å². The molecule has 2 rings (SSSR count). The quantitative estimate of drug-likeness (QED) is 0.781. The van der Waals surface area contributed by atoms with Crippen LogP contribution in [0.3, 0.4) is 0 Å². The summed E-state index contributed by atoms with van der Waals surface area (Å²) in [7, 11) is -3.63. The molecule has 1 N–H and O–H groups in total. The van der Waals surface area contributed by atoms with Crippen LogP contribution >= 0.6 is 0 Å². The highest BCUT2D eigenvalue weighted by Gasteiger charge is 2.14. The van der Waals surface area contributed by atoms with Crippen LogP contribution in [0, 0.1) is 0 Å². The Bertz CT molecular complexity index is 695. The molecule has 0 saturated carbocycles. The molecule has 0 aliphatic heterocycles. The number of hydrogen-bond donors (Lipinski definition) is 1. The minimum absolute atomic E-state index is 0.0730. The number of sulfonamides is 1. The van der Waals surface area contributed by atoms with Crippen LogP contribution in [-0.4, -0.2) is 35.7 Å². The topological polar surface area (TPSA) is 94.0 Å². The second-order valence-electron chi connectivity index (χ2n) is 4.15. The number of rotatable bonds is 6. The Morgan fingerprint density at radius 2 is 2.20 bits per heavy atom. The number of aromatic nitrogens is 3. The van der Waals surface area contributed by atoms with Crippen LogP contribution in [0.1, 0.15) is 17.3 Å². The summed E-state index contributed by atoms with van der Waals surface area (Å²) in [6.07, 6.45) is 3.16. The summed E-state index contributed by atoms with van der Waals surface area (Å²) in [5.74, 6) is -0.176. The fourth-order valence-electron chi connectivity index (χ4n) is 1.61. The van der Waals surface area contributed by atoms with Gasteiger partial charge in [-0.3, -0.25) is 9.48 Å². The zero-order chi connectivity index (χ0) is 14.6. The van der Waals surface area contributed by atoms with Gasteiger partial charge in [0, 0.05) is 18.3 Å². The van der Waals surface area contributed by atoms with E-state index in [1.165, 1.54) is 29.9 Å². The van der Waals surface area contributed by atoms with E-state index < -0.39 is 10.0 Å². The van der Waals surface area contributed by atoms with Crippen molar-refractivity contribution >= 4 is 15.8 Å². The Morgan fingerprint density at radius 1 is 1.40 bits per heavy atom. The molecular formula is C12H14N4O3S. The highest BCUT2D eigenvalue weighted by atomic mass is 32.2. The van der Waals surface area contributed by atoms with Crippen molar-refractivity contribution in [1.82, 2.24) is 19.7 Å². The summed E-state index contributed by atoms with van der Waals surface area (Å²) < 4.78 is 28.1. The third-order valence-electron chi connectivity index (χ3n) is 2.66. The normalized spacial score (nSPS) is 11.4. The van der Waals surface area contributed by atoms with Crippen LogP contribution in [0.15, 0.2) is 41.6 Å². The van der Waals surface area contributed by atoms with Crippen LogP contribution < -0.4 is 4.72 Å². The van der Waals surface area contributed by atoms with Gasteiger partial charge >= 0.3 is 0 Å². The summed E-state index contributed by atoms with van der Waals surface area (Å²) >= 11 is 0. The lowest BCUT2D eigenvalue weighted by Crippen LogP contribution is -2.27. The number of hydrogen-bond acceptors (Lipinski definition) is 5. The van der Waals surface area contributed by atoms with Gasteiger partial charge in [0.25, 0.3) is 0 Å². The fourth-order valence-corrected chi connectivity index (χ4v) is 2.68. The summed E-state index contributed by atoms with van der Waals surface area (Å²) in [6.45, 7) is 1.96. The highest BCUT2D eigenvalue weighted by Crippen LogP contribution is 2.11. The average molecular weight is 294 g/mol. The largest absolute Gasteiger partial charge is 0.295 e. The zero-order valence-electron chi connectivity index (χ0n) is 10.9. The fraction of sp³-hybridized carbons (Fsp3) is 0.250. The Morgan fingerprint density at radius 3 is 2.85 bits per heavy atom. The van der Waals surface area contributed by atoms with Gasteiger partial charge in [-0.05, 0) is 19.1 Å². The van der Waals surface area contributed by atoms with Crippen molar-refractivity contribution in [2.24, 2.45) is 0 Å². The second-order valence-corrected chi connectivity index (χ2v) is 5.91. The molecule has 1 aromatic heterocycles. The van der Waals surface area contributed by atoms with Gasteiger partial charge in [0.15, 0.2) is 5.78 Å². The lowest BCUT2D eigenvalue weighted by molar-refractivity contribution is 0.101. The predicted molar refractivity (Wildman–Crippen MR) is 71.7 cm³/mol. The van der Waals surface area contributed by atoms with Gasteiger partial charge in [0.05, 0.1) is 17.6 Å². The molecule has 0 aliphatic rings. The predicted octanol–water partition coefficient (Wildman–Crippen LogP) is 0.459. The number of ketones is 1. The van der Waals surface area contributed by atoms with E-state index in [-0.39, 0.29) is 17.2 Å². The molecule has 0 atom stereocenters. The molecule has 8 heteroatoms. The van der Waals surface area contributed by atoms with E-state index in [4.69, 9.17) is 0 Å².